The van der Waals surface area contributed by atoms with Crippen molar-refractivity contribution in [2.45, 2.75) is 37.4 Å². The molecule has 4 heterocycles. The zero-order chi connectivity index (χ0) is 28.3. The van der Waals surface area contributed by atoms with Gasteiger partial charge in [0.2, 0.25) is 0 Å². The van der Waals surface area contributed by atoms with Crippen LogP contribution in [0.1, 0.15) is 23.8 Å². The molecule has 1 fully saturated rings. The average Bonchev–Trinajstić information content (AvgIpc) is 3.67. The maximum Gasteiger partial charge on any atom is 0.194 e. The Labute approximate surface area is 223 Å². The van der Waals surface area contributed by atoms with Crippen LogP contribution in [-0.2, 0) is 11.8 Å². The lowest BCUT2D eigenvalue weighted by Crippen LogP contribution is -2.53. The lowest BCUT2D eigenvalue weighted by atomic mass is 9.92. The molecule has 15 heteroatoms. The molecule has 1 aliphatic heterocycles. The molecule has 208 valence electrons. The lowest BCUT2D eigenvalue weighted by Gasteiger charge is -2.41. The van der Waals surface area contributed by atoms with E-state index in [4.69, 9.17) is 4.74 Å². The van der Waals surface area contributed by atoms with E-state index >= 15 is 0 Å². The number of halogens is 3. The molecule has 1 saturated heterocycles. The number of aryl methyl sites for hydroxylation is 2. The number of fused-ring (bicyclic) bond motifs is 1. The molecular formula is C25H23F3N8O4. The number of aliphatic hydroxyl groups excluding tert-OH is 3. The summed E-state index contributed by atoms with van der Waals surface area (Å²) in [6, 6.07) is 5.80. The monoisotopic (exact) mass is 556 g/mol. The van der Waals surface area contributed by atoms with E-state index in [0.29, 0.717) is 5.69 Å². The predicted molar refractivity (Wildman–Crippen MR) is 131 cm³/mol. The molecule has 12 nitrogen and oxygen atoms in total. The summed E-state index contributed by atoms with van der Waals surface area (Å²) < 4.78 is 51.5. The van der Waals surface area contributed by atoms with E-state index in [-0.39, 0.29) is 17.1 Å². The SMILES string of the molecule is Cc1nc2ccc(-n3cnnc3[C@@H]3O[C@H](CO)[C@H](O)[C@H](n4cc(-c5cc(F)c(F)c(F)c5)nn4)[C@H]3O)cc2n1C. The van der Waals surface area contributed by atoms with Crippen LogP contribution in [0.15, 0.2) is 42.9 Å². The molecule has 2 aromatic carbocycles. The topological polar surface area (TPSA) is 149 Å². The summed E-state index contributed by atoms with van der Waals surface area (Å²) in [5.74, 6) is -3.43. The molecule has 5 aromatic rings. The minimum atomic E-state index is -1.62. The van der Waals surface area contributed by atoms with Crippen LogP contribution in [0.2, 0.25) is 0 Å². The number of hydrogen-bond acceptors (Lipinski definition) is 9. The Hall–Kier alpha value is -4.18. The normalized spacial score (nSPS) is 23.2. The number of nitrogens with zero attached hydrogens (tertiary/aromatic N) is 8. The van der Waals surface area contributed by atoms with Crippen molar-refractivity contribution in [3.05, 3.63) is 72.0 Å². The first-order chi connectivity index (χ1) is 19.2. The van der Waals surface area contributed by atoms with Crippen molar-refractivity contribution in [2.24, 2.45) is 7.05 Å². The van der Waals surface area contributed by atoms with E-state index in [1.165, 1.54) is 12.5 Å². The largest absolute Gasteiger partial charge is 0.394 e. The Morgan fingerprint density at radius 1 is 1.02 bits per heavy atom. The molecule has 0 amide bonds. The summed E-state index contributed by atoms with van der Waals surface area (Å²) >= 11 is 0. The van der Waals surface area contributed by atoms with Gasteiger partial charge in [-0.2, -0.15) is 0 Å². The van der Waals surface area contributed by atoms with Crippen LogP contribution < -0.4 is 0 Å². The first-order valence-electron chi connectivity index (χ1n) is 12.2. The van der Waals surface area contributed by atoms with Gasteiger partial charge in [0, 0.05) is 12.6 Å². The van der Waals surface area contributed by atoms with Gasteiger partial charge in [0.25, 0.3) is 0 Å². The maximum atomic E-state index is 13.8. The summed E-state index contributed by atoms with van der Waals surface area (Å²) in [7, 11) is 1.88. The second-order valence-corrected chi connectivity index (χ2v) is 9.54. The summed E-state index contributed by atoms with van der Waals surface area (Å²) in [5.41, 5.74) is 2.15. The van der Waals surface area contributed by atoms with Gasteiger partial charge >= 0.3 is 0 Å². The van der Waals surface area contributed by atoms with Crippen LogP contribution in [0.5, 0.6) is 0 Å². The van der Waals surface area contributed by atoms with Crippen LogP contribution in [0.3, 0.4) is 0 Å². The second-order valence-electron chi connectivity index (χ2n) is 9.54. The van der Waals surface area contributed by atoms with Crippen LogP contribution in [0, 0.1) is 24.4 Å². The molecule has 5 atom stereocenters. The van der Waals surface area contributed by atoms with Gasteiger partial charge in [-0.15, -0.1) is 15.3 Å². The van der Waals surface area contributed by atoms with Crippen LogP contribution >= 0.6 is 0 Å². The smallest absolute Gasteiger partial charge is 0.194 e. The highest BCUT2D eigenvalue weighted by atomic mass is 19.2. The highest BCUT2D eigenvalue weighted by Gasteiger charge is 2.48. The number of ether oxygens (including phenoxy) is 1. The molecule has 0 saturated carbocycles. The fourth-order valence-corrected chi connectivity index (χ4v) is 4.97. The van der Waals surface area contributed by atoms with Gasteiger partial charge < -0.3 is 24.6 Å². The summed E-state index contributed by atoms with van der Waals surface area (Å²) in [4.78, 5) is 4.50. The highest BCUT2D eigenvalue weighted by molar-refractivity contribution is 5.78. The fraction of sp³-hybridized carbons (Fsp3) is 0.320. The minimum Gasteiger partial charge on any atom is -0.394 e. The Morgan fingerprint density at radius 2 is 1.77 bits per heavy atom. The number of aromatic nitrogens is 8. The third-order valence-electron chi connectivity index (χ3n) is 7.18. The number of imidazole rings is 1. The van der Waals surface area contributed by atoms with E-state index < -0.39 is 54.5 Å². The maximum absolute atomic E-state index is 13.8. The molecule has 0 unspecified atom stereocenters. The van der Waals surface area contributed by atoms with Gasteiger partial charge in [-0.05, 0) is 37.3 Å². The van der Waals surface area contributed by atoms with Gasteiger partial charge in [0.15, 0.2) is 23.3 Å². The van der Waals surface area contributed by atoms with Crippen LogP contribution in [-0.4, -0.2) is 79.5 Å². The fourth-order valence-electron chi connectivity index (χ4n) is 4.97. The molecule has 40 heavy (non-hydrogen) atoms. The first-order valence-corrected chi connectivity index (χ1v) is 12.2. The average molecular weight is 557 g/mol. The summed E-state index contributed by atoms with van der Waals surface area (Å²) in [6.45, 7) is 1.28. The standard InChI is InChI=1S/C25H23F3N8O4/c1-11-30-16-4-3-13(7-18(16)34(11)2)35-10-29-32-25(35)24-23(39)21(22(38)19(9-37)40-24)36-8-17(31-33-36)12-5-14(26)20(28)15(27)6-12/h3-8,10,19,21-24,37-39H,9H2,1-2H3/t19-,21+,22+,23-,24-/m1/s1. The third-order valence-corrected chi connectivity index (χ3v) is 7.18. The van der Waals surface area contributed by atoms with Crippen LogP contribution in [0.4, 0.5) is 13.2 Å². The van der Waals surface area contributed by atoms with Gasteiger partial charge in [-0.3, -0.25) is 4.57 Å². The Bertz CT molecular complexity index is 1700. The Balaban J connectivity index is 1.37. The van der Waals surface area contributed by atoms with Crippen molar-refractivity contribution in [2.75, 3.05) is 6.61 Å². The Kier molecular flexibility index (Phi) is 6.37. The number of benzene rings is 2. The van der Waals surface area contributed by atoms with Crippen molar-refractivity contribution in [3.63, 3.8) is 0 Å². The van der Waals surface area contributed by atoms with E-state index in [1.54, 1.807) is 10.6 Å². The van der Waals surface area contributed by atoms with Crippen molar-refractivity contribution in [1.29, 1.82) is 0 Å². The first kappa shape index (κ1) is 26.1. The zero-order valence-corrected chi connectivity index (χ0v) is 21.1. The molecule has 3 aromatic heterocycles. The van der Waals surface area contributed by atoms with E-state index in [1.807, 2.05) is 30.7 Å². The van der Waals surface area contributed by atoms with Crippen molar-refractivity contribution in [1.82, 2.24) is 39.3 Å². The van der Waals surface area contributed by atoms with Crippen LogP contribution in [0.25, 0.3) is 28.0 Å². The van der Waals surface area contributed by atoms with Gasteiger partial charge in [0.1, 0.15) is 48.3 Å². The van der Waals surface area contributed by atoms with Crippen molar-refractivity contribution >= 4 is 11.0 Å². The van der Waals surface area contributed by atoms with Crippen molar-refractivity contribution in [3.8, 4) is 16.9 Å². The molecule has 0 spiro atoms. The van der Waals surface area contributed by atoms with Gasteiger partial charge in [0.05, 0.1) is 29.5 Å². The molecular weight excluding hydrogens is 533 g/mol. The predicted octanol–water partition coefficient (Wildman–Crippen LogP) is 1.53. The van der Waals surface area contributed by atoms with Gasteiger partial charge in [-0.1, -0.05) is 5.21 Å². The van der Waals surface area contributed by atoms with Crippen molar-refractivity contribution < 1.29 is 33.2 Å². The zero-order valence-electron chi connectivity index (χ0n) is 21.1. The van der Waals surface area contributed by atoms with E-state index in [2.05, 4.69) is 25.5 Å². The van der Waals surface area contributed by atoms with E-state index in [9.17, 15) is 28.5 Å². The third kappa shape index (κ3) is 4.14. The molecule has 3 N–H and O–H groups in total. The quantitative estimate of drug-likeness (QED) is 0.274. The number of rotatable bonds is 5. The Morgan fingerprint density at radius 3 is 2.50 bits per heavy atom. The minimum absolute atomic E-state index is 0.0382. The highest BCUT2D eigenvalue weighted by Crippen LogP contribution is 2.38. The molecule has 1 aliphatic rings. The van der Waals surface area contributed by atoms with E-state index in [0.717, 1.165) is 33.7 Å². The number of aliphatic hydroxyl groups is 3. The molecule has 0 radical (unpaired) electrons. The molecule has 0 bridgehead atoms. The number of hydrogen-bond donors (Lipinski definition) is 3. The second kappa shape index (κ2) is 9.78. The molecule has 0 aliphatic carbocycles. The lowest BCUT2D eigenvalue weighted by molar-refractivity contribution is -0.210. The summed E-state index contributed by atoms with van der Waals surface area (Å²) in [5, 5.41) is 48.3. The summed E-state index contributed by atoms with van der Waals surface area (Å²) in [6.07, 6.45) is -2.62. The molecule has 6 rings (SSSR count). The van der Waals surface area contributed by atoms with Gasteiger partial charge in [-0.25, -0.2) is 22.8 Å².